The number of hydrogen-bond donors (Lipinski definition) is 0. The van der Waals surface area contributed by atoms with Gasteiger partial charge in [0.05, 0.1) is 4.92 Å². The Morgan fingerprint density at radius 3 is 3.00 bits per heavy atom. The second-order valence-electron chi connectivity index (χ2n) is 5.01. The predicted octanol–water partition coefficient (Wildman–Crippen LogP) is 2.28. The van der Waals surface area contributed by atoms with Gasteiger partial charge >= 0.3 is 5.69 Å². The fourth-order valence-electron chi connectivity index (χ4n) is 2.50. The summed E-state index contributed by atoms with van der Waals surface area (Å²) in [5, 5.41) is 11.2. The summed E-state index contributed by atoms with van der Waals surface area (Å²) >= 11 is 3.23. The summed E-state index contributed by atoms with van der Waals surface area (Å²) in [6, 6.07) is 1.82. The fraction of sp³-hybridized carbons (Fsp3) is 0.583. The molecule has 104 valence electrons. The van der Waals surface area contributed by atoms with Gasteiger partial charge in [-0.1, -0.05) is 0 Å². The third kappa shape index (κ3) is 3.22. The quantitative estimate of drug-likeness (QED) is 0.626. The molecule has 0 saturated carbocycles. The zero-order valence-electron chi connectivity index (χ0n) is 11.0. The topological polar surface area (TPSA) is 62.5 Å². The molecular weight excluding hydrogens is 312 g/mol. The lowest BCUT2D eigenvalue weighted by Gasteiger charge is -2.27. The van der Waals surface area contributed by atoms with E-state index in [0.29, 0.717) is 16.3 Å². The third-order valence-corrected chi connectivity index (χ3v) is 3.67. The Balaban J connectivity index is 2.32. The summed E-state index contributed by atoms with van der Waals surface area (Å²) in [7, 11) is 4.03. The van der Waals surface area contributed by atoms with E-state index in [1.54, 1.807) is 6.20 Å². The molecular formula is C12H17BrN4O2. The van der Waals surface area contributed by atoms with Crippen molar-refractivity contribution in [1.29, 1.82) is 0 Å². The number of pyridine rings is 1. The molecule has 0 aromatic carbocycles. The van der Waals surface area contributed by atoms with Gasteiger partial charge < -0.3 is 9.80 Å². The molecule has 19 heavy (non-hydrogen) atoms. The summed E-state index contributed by atoms with van der Waals surface area (Å²) in [5.74, 6) is 0.484. The van der Waals surface area contributed by atoms with E-state index in [2.05, 4.69) is 30.7 Å². The normalized spacial score (nSPS) is 19.2. The fourth-order valence-corrected chi connectivity index (χ4v) is 2.82. The maximum absolute atomic E-state index is 11.2. The van der Waals surface area contributed by atoms with Gasteiger partial charge in [0.2, 0.25) is 5.82 Å². The van der Waals surface area contributed by atoms with Crippen molar-refractivity contribution in [2.24, 2.45) is 0 Å². The Bertz CT molecular complexity index is 481. The average Bonchev–Trinajstić information content (AvgIpc) is 2.76. The van der Waals surface area contributed by atoms with Crippen molar-refractivity contribution < 1.29 is 4.92 Å². The number of halogens is 1. The minimum absolute atomic E-state index is 0.0695. The van der Waals surface area contributed by atoms with Gasteiger partial charge in [0.25, 0.3) is 0 Å². The molecule has 1 aromatic heterocycles. The second kappa shape index (κ2) is 5.83. The average molecular weight is 329 g/mol. The van der Waals surface area contributed by atoms with E-state index in [-0.39, 0.29) is 10.6 Å². The Labute approximate surface area is 120 Å². The molecule has 0 aliphatic carbocycles. The highest BCUT2D eigenvalue weighted by atomic mass is 79.9. The Morgan fingerprint density at radius 2 is 2.37 bits per heavy atom. The molecule has 1 atom stereocenters. The van der Waals surface area contributed by atoms with Crippen molar-refractivity contribution in [3.63, 3.8) is 0 Å². The number of aromatic nitrogens is 1. The van der Waals surface area contributed by atoms with Crippen molar-refractivity contribution in [3.8, 4) is 0 Å². The Morgan fingerprint density at radius 1 is 1.63 bits per heavy atom. The minimum Gasteiger partial charge on any atom is -0.347 e. The van der Waals surface area contributed by atoms with Gasteiger partial charge in [0.1, 0.15) is 0 Å². The van der Waals surface area contributed by atoms with E-state index >= 15 is 0 Å². The summed E-state index contributed by atoms with van der Waals surface area (Å²) < 4.78 is 0.631. The van der Waals surface area contributed by atoms with Crippen LogP contribution in [0.4, 0.5) is 11.5 Å². The lowest BCUT2D eigenvalue weighted by Crippen LogP contribution is -2.38. The molecule has 0 spiro atoms. The van der Waals surface area contributed by atoms with Crippen LogP contribution >= 0.6 is 15.9 Å². The monoisotopic (exact) mass is 328 g/mol. The third-order valence-electron chi connectivity index (χ3n) is 3.24. The molecule has 0 amide bonds. The van der Waals surface area contributed by atoms with Gasteiger partial charge in [-0.15, -0.1) is 0 Å². The number of nitro groups is 1. The van der Waals surface area contributed by atoms with E-state index in [1.165, 1.54) is 6.07 Å². The van der Waals surface area contributed by atoms with Crippen molar-refractivity contribution >= 4 is 27.4 Å². The van der Waals surface area contributed by atoms with Crippen LogP contribution in [0.2, 0.25) is 0 Å². The molecule has 0 N–H and O–H groups in total. The molecule has 1 saturated heterocycles. The molecule has 2 rings (SSSR count). The second-order valence-corrected chi connectivity index (χ2v) is 5.92. The van der Waals surface area contributed by atoms with Gasteiger partial charge in [0, 0.05) is 35.9 Å². The highest BCUT2D eigenvalue weighted by molar-refractivity contribution is 9.10. The summed E-state index contributed by atoms with van der Waals surface area (Å²) in [6.07, 6.45) is 3.72. The van der Waals surface area contributed by atoms with Crippen molar-refractivity contribution in [2.75, 3.05) is 32.1 Å². The van der Waals surface area contributed by atoms with Gasteiger partial charge in [-0.05, 0) is 42.9 Å². The van der Waals surface area contributed by atoms with Gasteiger partial charge in [0.15, 0.2) is 0 Å². The predicted molar refractivity (Wildman–Crippen MR) is 77.5 cm³/mol. The largest absolute Gasteiger partial charge is 0.347 e. The molecule has 1 unspecified atom stereocenters. The molecule has 1 aromatic rings. The van der Waals surface area contributed by atoms with Gasteiger partial charge in [-0.25, -0.2) is 4.98 Å². The molecule has 2 heterocycles. The molecule has 6 nitrogen and oxygen atoms in total. The standard InChI is InChI=1S/C12H17BrN4O2/c1-15(2)8-10-4-3-5-16(10)12-11(17(18)19)6-9(13)7-14-12/h6-7,10H,3-5,8H2,1-2H3. The number of anilines is 1. The first-order chi connectivity index (χ1) is 8.99. The van der Waals surface area contributed by atoms with Gasteiger partial charge in [-0.2, -0.15) is 0 Å². The molecule has 0 bridgehead atoms. The maximum atomic E-state index is 11.2. The van der Waals surface area contributed by atoms with Crippen LogP contribution in [-0.4, -0.2) is 48.0 Å². The summed E-state index contributed by atoms with van der Waals surface area (Å²) in [4.78, 5) is 19.2. The van der Waals surface area contributed by atoms with Crippen LogP contribution in [0.5, 0.6) is 0 Å². The van der Waals surface area contributed by atoms with Gasteiger partial charge in [-0.3, -0.25) is 10.1 Å². The number of rotatable bonds is 4. The van der Waals surface area contributed by atoms with Crippen LogP contribution in [0.25, 0.3) is 0 Å². The number of likely N-dealkylation sites (N-methyl/N-ethyl adjacent to an activating group) is 1. The van der Waals surface area contributed by atoms with Crippen LogP contribution in [0.15, 0.2) is 16.7 Å². The van der Waals surface area contributed by atoms with Crippen molar-refractivity contribution in [2.45, 2.75) is 18.9 Å². The first kappa shape index (κ1) is 14.2. The summed E-state index contributed by atoms with van der Waals surface area (Å²) in [6.45, 7) is 1.71. The highest BCUT2D eigenvalue weighted by Gasteiger charge is 2.31. The Kier molecular flexibility index (Phi) is 4.36. The smallest absolute Gasteiger partial charge is 0.312 e. The molecule has 1 aliphatic heterocycles. The first-order valence-corrected chi connectivity index (χ1v) is 6.99. The van der Waals surface area contributed by atoms with Crippen LogP contribution < -0.4 is 4.90 Å². The van der Waals surface area contributed by atoms with Crippen LogP contribution in [0.1, 0.15) is 12.8 Å². The van der Waals surface area contributed by atoms with Crippen molar-refractivity contribution in [1.82, 2.24) is 9.88 Å². The first-order valence-electron chi connectivity index (χ1n) is 6.20. The molecule has 1 fully saturated rings. The van der Waals surface area contributed by atoms with Crippen molar-refractivity contribution in [3.05, 3.63) is 26.9 Å². The van der Waals surface area contributed by atoms with Crippen LogP contribution in [-0.2, 0) is 0 Å². The summed E-state index contributed by atoms with van der Waals surface area (Å²) in [5.41, 5.74) is 0.0695. The van der Waals surface area contributed by atoms with E-state index in [4.69, 9.17) is 0 Å². The molecule has 0 radical (unpaired) electrons. The zero-order chi connectivity index (χ0) is 14.0. The molecule has 1 aliphatic rings. The van der Waals surface area contributed by atoms with E-state index in [0.717, 1.165) is 25.9 Å². The minimum atomic E-state index is -0.363. The number of nitrogens with zero attached hydrogens (tertiary/aromatic N) is 4. The SMILES string of the molecule is CN(C)CC1CCCN1c1ncc(Br)cc1[N+](=O)[O-]. The van der Waals surface area contributed by atoms with Crippen LogP contribution in [0.3, 0.4) is 0 Å². The number of hydrogen-bond acceptors (Lipinski definition) is 5. The van der Waals surface area contributed by atoms with E-state index < -0.39 is 0 Å². The lowest BCUT2D eigenvalue weighted by atomic mass is 10.2. The molecule has 7 heteroatoms. The lowest BCUT2D eigenvalue weighted by molar-refractivity contribution is -0.384. The van der Waals surface area contributed by atoms with E-state index in [1.807, 2.05) is 14.1 Å². The van der Waals surface area contributed by atoms with E-state index in [9.17, 15) is 10.1 Å². The maximum Gasteiger partial charge on any atom is 0.312 e. The highest BCUT2D eigenvalue weighted by Crippen LogP contribution is 2.33. The van der Waals surface area contributed by atoms with Crippen LogP contribution in [0, 0.1) is 10.1 Å². The Hall–Kier alpha value is -1.21. The zero-order valence-corrected chi connectivity index (χ0v) is 12.6.